The molecule has 4 rings (SSSR count). The Morgan fingerprint density at radius 1 is 1.06 bits per heavy atom. The minimum atomic E-state index is -1.22. The number of methoxy groups -OCH3 is 1. The van der Waals surface area contributed by atoms with Gasteiger partial charge >= 0.3 is 0 Å². The molecule has 0 unspecified atom stereocenters. The van der Waals surface area contributed by atoms with Crippen LogP contribution in [0.3, 0.4) is 0 Å². The third kappa shape index (κ3) is 4.51. The van der Waals surface area contributed by atoms with E-state index in [4.69, 9.17) is 9.15 Å². The highest BCUT2D eigenvalue weighted by Gasteiger charge is 2.37. The van der Waals surface area contributed by atoms with Crippen LogP contribution in [0.4, 0.5) is 10.1 Å². The Morgan fingerprint density at radius 2 is 1.78 bits per heavy atom. The van der Waals surface area contributed by atoms with Gasteiger partial charge in [-0.1, -0.05) is 31.0 Å². The predicted octanol–water partition coefficient (Wildman–Crippen LogP) is 4.87. The monoisotopic (exact) mass is 436 g/mol. The van der Waals surface area contributed by atoms with Gasteiger partial charge in [0.2, 0.25) is 5.91 Å². The first kappa shape index (κ1) is 21.6. The van der Waals surface area contributed by atoms with Crippen molar-refractivity contribution < 1.29 is 23.1 Å². The molecule has 7 heteroatoms. The van der Waals surface area contributed by atoms with E-state index in [1.807, 2.05) is 0 Å². The molecule has 0 spiro atoms. The molecule has 1 saturated carbocycles. The molecule has 1 fully saturated rings. The van der Waals surface area contributed by atoms with E-state index < -0.39 is 23.7 Å². The molecule has 3 aromatic rings. The number of benzene rings is 2. The van der Waals surface area contributed by atoms with Crippen molar-refractivity contribution in [3.8, 4) is 5.75 Å². The van der Waals surface area contributed by atoms with Crippen LogP contribution in [0.1, 0.15) is 47.8 Å². The topological polar surface area (TPSA) is 71.8 Å². The summed E-state index contributed by atoms with van der Waals surface area (Å²) in [6, 6.07) is 14.6. The lowest BCUT2D eigenvalue weighted by Crippen LogP contribution is -2.46. The summed E-state index contributed by atoms with van der Waals surface area (Å²) in [5.41, 5.74) is 0.528. The Morgan fingerprint density at radius 3 is 2.41 bits per heavy atom. The maximum absolute atomic E-state index is 15.0. The quantitative estimate of drug-likeness (QED) is 0.573. The molecule has 1 atom stereocenters. The van der Waals surface area contributed by atoms with Crippen LogP contribution in [0.5, 0.6) is 5.75 Å². The number of rotatable bonds is 7. The smallest absolute Gasteiger partial charge is 0.294 e. The van der Waals surface area contributed by atoms with Gasteiger partial charge in [-0.3, -0.25) is 14.5 Å². The Balaban J connectivity index is 1.81. The molecule has 32 heavy (non-hydrogen) atoms. The number of carbonyl (C=O) groups is 2. The second kappa shape index (κ2) is 9.68. The van der Waals surface area contributed by atoms with Gasteiger partial charge in [-0.25, -0.2) is 4.39 Å². The van der Waals surface area contributed by atoms with Crippen molar-refractivity contribution in [1.29, 1.82) is 0 Å². The fourth-order valence-corrected chi connectivity index (χ4v) is 4.09. The molecule has 0 radical (unpaired) electrons. The third-order valence-corrected chi connectivity index (χ3v) is 5.71. The van der Waals surface area contributed by atoms with Crippen LogP contribution in [-0.2, 0) is 4.79 Å². The Kier molecular flexibility index (Phi) is 6.54. The van der Waals surface area contributed by atoms with Crippen LogP contribution < -0.4 is 15.0 Å². The molecule has 166 valence electrons. The lowest BCUT2D eigenvalue weighted by atomic mass is 10.0. The first-order valence-corrected chi connectivity index (χ1v) is 10.6. The third-order valence-electron chi connectivity index (χ3n) is 5.71. The zero-order valence-corrected chi connectivity index (χ0v) is 17.8. The maximum atomic E-state index is 15.0. The predicted molar refractivity (Wildman–Crippen MR) is 118 cm³/mol. The number of carbonyl (C=O) groups excluding carboxylic acids is 2. The van der Waals surface area contributed by atoms with Crippen molar-refractivity contribution in [1.82, 2.24) is 5.32 Å². The zero-order valence-electron chi connectivity index (χ0n) is 17.8. The SMILES string of the molecule is COc1ccc(N(C(=O)c2ccco2)[C@H](C(=O)NC2CCCC2)c2ccccc2F)cc1. The highest BCUT2D eigenvalue weighted by Crippen LogP contribution is 2.33. The fourth-order valence-electron chi connectivity index (χ4n) is 4.09. The van der Waals surface area contributed by atoms with E-state index in [-0.39, 0.29) is 17.4 Å². The summed E-state index contributed by atoms with van der Waals surface area (Å²) < 4.78 is 25.5. The number of anilines is 1. The second-order valence-electron chi connectivity index (χ2n) is 7.76. The lowest BCUT2D eigenvalue weighted by Gasteiger charge is -2.32. The summed E-state index contributed by atoms with van der Waals surface area (Å²) in [4.78, 5) is 28.3. The number of hydrogen-bond acceptors (Lipinski definition) is 4. The minimum Gasteiger partial charge on any atom is -0.497 e. The Bertz CT molecular complexity index is 1060. The van der Waals surface area contributed by atoms with Crippen LogP contribution in [-0.4, -0.2) is 25.0 Å². The molecule has 1 aliphatic carbocycles. The molecule has 1 heterocycles. The van der Waals surface area contributed by atoms with Gasteiger partial charge in [0.1, 0.15) is 17.6 Å². The number of nitrogens with zero attached hydrogens (tertiary/aromatic N) is 1. The van der Waals surface area contributed by atoms with E-state index in [1.54, 1.807) is 42.5 Å². The highest BCUT2D eigenvalue weighted by atomic mass is 19.1. The molecule has 1 aliphatic rings. The molecular formula is C25H25FN2O4. The summed E-state index contributed by atoms with van der Waals surface area (Å²) >= 11 is 0. The normalized spacial score (nSPS) is 14.7. The second-order valence-corrected chi connectivity index (χ2v) is 7.76. The fraction of sp³-hybridized carbons (Fsp3) is 0.280. The van der Waals surface area contributed by atoms with Crippen molar-refractivity contribution in [3.05, 3.63) is 84.1 Å². The molecule has 1 aromatic heterocycles. The molecule has 2 amide bonds. The van der Waals surface area contributed by atoms with Crippen molar-refractivity contribution in [2.75, 3.05) is 12.0 Å². The Hall–Kier alpha value is -3.61. The number of nitrogens with one attached hydrogen (secondary N) is 1. The van der Waals surface area contributed by atoms with Gasteiger partial charge < -0.3 is 14.5 Å². The van der Waals surface area contributed by atoms with Crippen molar-refractivity contribution in [2.24, 2.45) is 0 Å². The number of hydrogen-bond donors (Lipinski definition) is 1. The summed E-state index contributed by atoms with van der Waals surface area (Å²) in [6.45, 7) is 0. The summed E-state index contributed by atoms with van der Waals surface area (Å²) in [7, 11) is 1.54. The van der Waals surface area contributed by atoms with Crippen molar-refractivity contribution in [2.45, 2.75) is 37.8 Å². The first-order valence-electron chi connectivity index (χ1n) is 10.6. The average molecular weight is 436 g/mol. The number of halogens is 1. The largest absolute Gasteiger partial charge is 0.497 e. The highest BCUT2D eigenvalue weighted by molar-refractivity contribution is 6.08. The van der Waals surface area contributed by atoms with Crippen molar-refractivity contribution >= 4 is 17.5 Å². The first-order chi connectivity index (χ1) is 15.6. The van der Waals surface area contributed by atoms with Crippen LogP contribution in [0, 0.1) is 5.82 Å². The molecule has 6 nitrogen and oxygen atoms in total. The summed E-state index contributed by atoms with van der Waals surface area (Å²) in [6.07, 6.45) is 5.18. The van der Waals surface area contributed by atoms with Crippen molar-refractivity contribution in [3.63, 3.8) is 0 Å². The maximum Gasteiger partial charge on any atom is 0.294 e. The van der Waals surface area contributed by atoms with E-state index in [0.717, 1.165) is 25.7 Å². The molecule has 0 bridgehead atoms. The zero-order chi connectivity index (χ0) is 22.5. The molecule has 1 N–H and O–H groups in total. The standard InChI is InChI=1S/C25H25FN2O4/c1-31-19-14-12-18(13-15-19)28(25(30)22-11-6-16-32-22)23(20-9-4-5-10-21(20)26)24(29)27-17-7-2-3-8-17/h4-6,9-17,23H,2-3,7-8H2,1H3,(H,27,29)/t23-/m0/s1. The minimum absolute atomic E-state index is 0.00760. The van der Waals surface area contributed by atoms with Gasteiger partial charge in [0.25, 0.3) is 5.91 Å². The van der Waals surface area contributed by atoms with E-state index >= 15 is 0 Å². The number of amides is 2. The number of furan rings is 1. The molecular weight excluding hydrogens is 411 g/mol. The van der Waals surface area contributed by atoms with Crippen LogP contribution in [0.15, 0.2) is 71.3 Å². The lowest BCUT2D eigenvalue weighted by molar-refractivity contribution is -0.123. The van der Waals surface area contributed by atoms with E-state index in [1.165, 1.54) is 36.5 Å². The average Bonchev–Trinajstić information content (AvgIpc) is 3.52. The van der Waals surface area contributed by atoms with Gasteiger partial charge in [0.15, 0.2) is 5.76 Å². The van der Waals surface area contributed by atoms with Gasteiger partial charge in [0.05, 0.1) is 13.4 Å². The van der Waals surface area contributed by atoms with E-state index in [2.05, 4.69) is 5.32 Å². The van der Waals surface area contributed by atoms with Crippen LogP contribution in [0.2, 0.25) is 0 Å². The van der Waals surface area contributed by atoms with Crippen LogP contribution in [0.25, 0.3) is 0 Å². The Labute approximate surface area is 186 Å². The van der Waals surface area contributed by atoms with Gasteiger partial charge in [-0.15, -0.1) is 0 Å². The summed E-state index contributed by atoms with van der Waals surface area (Å²) in [5.74, 6) is -0.898. The molecule has 0 aliphatic heterocycles. The van der Waals surface area contributed by atoms with E-state index in [9.17, 15) is 14.0 Å². The van der Waals surface area contributed by atoms with E-state index in [0.29, 0.717) is 11.4 Å². The van der Waals surface area contributed by atoms with Crippen LogP contribution >= 0.6 is 0 Å². The molecule has 0 saturated heterocycles. The molecule has 2 aromatic carbocycles. The van der Waals surface area contributed by atoms with Gasteiger partial charge in [-0.2, -0.15) is 0 Å². The number of ether oxygens (including phenoxy) is 1. The van der Waals surface area contributed by atoms with Gasteiger partial charge in [0, 0.05) is 17.3 Å². The summed E-state index contributed by atoms with van der Waals surface area (Å²) in [5, 5.41) is 3.02. The van der Waals surface area contributed by atoms with Gasteiger partial charge in [-0.05, 0) is 55.3 Å².